The van der Waals surface area contributed by atoms with Crippen LogP contribution in [0.5, 0.6) is 0 Å². The summed E-state index contributed by atoms with van der Waals surface area (Å²) in [5.41, 5.74) is 4.08. The Kier molecular flexibility index (Phi) is 4.68. The first kappa shape index (κ1) is 16.5. The van der Waals surface area contributed by atoms with Gasteiger partial charge < -0.3 is 15.1 Å². The monoisotopic (exact) mass is 337 g/mol. The summed E-state index contributed by atoms with van der Waals surface area (Å²) in [6.45, 7) is 7.29. The Bertz CT molecular complexity index is 706. The van der Waals surface area contributed by atoms with E-state index in [4.69, 9.17) is 0 Å². The highest BCUT2D eigenvalue weighted by Crippen LogP contribution is 2.35. The van der Waals surface area contributed by atoms with E-state index in [0.717, 1.165) is 50.7 Å². The zero-order valence-electron chi connectivity index (χ0n) is 15.2. The third kappa shape index (κ3) is 3.53. The lowest BCUT2D eigenvalue weighted by Gasteiger charge is -2.32. The predicted octanol–water partition coefficient (Wildman–Crippen LogP) is 2.25. The minimum absolute atomic E-state index is 0.425. The molecular formula is C20H27N5. The first-order chi connectivity index (χ1) is 12.2. The Hall–Kier alpha value is -1.98. The summed E-state index contributed by atoms with van der Waals surface area (Å²) >= 11 is 0. The molecular weight excluding hydrogens is 310 g/mol. The summed E-state index contributed by atoms with van der Waals surface area (Å²) in [4.78, 5) is 13.8. The number of nitrogens with zero attached hydrogens (tertiary/aromatic N) is 4. The quantitative estimate of drug-likeness (QED) is 0.927. The maximum Gasteiger partial charge on any atom is 0.225 e. The molecule has 5 nitrogen and oxygen atoms in total. The van der Waals surface area contributed by atoms with Crippen LogP contribution in [-0.2, 0) is 13.0 Å². The van der Waals surface area contributed by atoms with Crippen LogP contribution in [0.4, 0.5) is 5.95 Å². The molecule has 1 aliphatic carbocycles. The second-order valence-electron chi connectivity index (χ2n) is 7.42. The molecule has 2 atom stereocenters. The van der Waals surface area contributed by atoms with Crippen molar-refractivity contribution >= 4 is 5.95 Å². The number of nitrogens with one attached hydrogen (secondary N) is 1. The van der Waals surface area contributed by atoms with Crippen molar-refractivity contribution in [3.8, 4) is 0 Å². The zero-order chi connectivity index (χ0) is 17.2. The normalized spacial score (nSPS) is 23.7. The lowest BCUT2D eigenvalue weighted by atomic mass is 10.0. The molecule has 5 heteroatoms. The largest absolute Gasteiger partial charge is 0.338 e. The number of anilines is 1. The molecule has 132 valence electrons. The Morgan fingerprint density at radius 3 is 2.56 bits per heavy atom. The number of hydrogen-bond acceptors (Lipinski definition) is 5. The SMILES string of the molecule is C[C@H]1Cc2ccccc2[C@@H]1NCc1cnc(N2CCN(C)CC2)nc1. The summed E-state index contributed by atoms with van der Waals surface area (Å²) in [5.74, 6) is 1.49. The van der Waals surface area contributed by atoms with Gasteiger partial charge in [-0.25, -0.2) is 9.97 Å². The van der Waals surface area contributed by atoms with Crippen molar-refractivity contribution in [2.45, 2.75) is 25.9 Å². The lowest BCUT2D eigenvalue weighted by Crippen LogP contribution is -2.45. The molecule has 1 saturated heterocycles. The molecule has 0 spiro atoms. The lowest BCUT2D eigenvalue weighted by molar-refractivity contribution is 0.311. The molecule has 0 radical (unpaired) electrons. The second-order valence-corrected chi connectivity index (χ2v) is 7.42. The van der Waals surface area contributed by atoms with Gasteiger partial charge in [0.05, 0.1) is 0 Å². The molecule has 1 fully saturated rings. The average Bonchev–Trinajstić information content (AvgIpc) is 2.96. The van der Waals surface area contributed by atoms with Crippen LogP contribution < -0.4 is 10.2 Å². The summed E-state index contributed by atoms with van der Waals surface area (Å²) < 4.78 is 0. The molecule has 2 aliphatic rings. The first-order valence-electron chi connectivity index (χ1n) is 9.26. The number of aromatic nitrogens is 2. The van der Waals surface area contributed by atoms with Crippen molar-refractivity contribution in [3.63, 3.8) is 0 Å². The van der Waals surface area contributed by atoms with Crippen molar-refractivity contribution in [1.82, 2.24) is 20.2 Å². The van der Waals surface area contributed by atoms with Crippen molar-refractivity contribution in [2.24, 2.45) is 5.92 Å². The third-order valence-electron chi connectivity index (χ3n) is 5.50. The molecule has 0 bridgehead atoms. The maximum atomic E-state index is 4.59. The standard InChI is InChI=1S/C20H27N5/c1-15-11-17-5-3-4-6-18(17)19(15)21-12-16-13-22-20(23-14-16)25-9-7-24(2)8-10-25/h3-6,13-15,19,21H,7-12H2,1-2H3/t15-,19+/m0/s1. The topological polar surface area (TPSA) is 44.3 Å². The molecule has 4 rings (SSSR count). The van der Waals surface area contributed by atoms with Gasteiger partial charge in [-0.2, -0.15) is 0 Å². The fourth-order valence-corrected chi connectivity index (χ4v) is 3.94. The Morgan fingerprint density at radius 1 is 1.08 bits per heavy atom. The predicted molar refractivity (Wildman–Crippen MR) is 101 cm³/mol. The van der Waals surface area contributed by atoms with Gasteiger partial charge in [-0.15, -0.1) is 0 Å². The van der Waals surface area contributed by atoms with E-state index in [1.807, 2.05) is 12.4 Å². The summed E-state index contributed by atoms with van der Waals surface area (Å²) in [6, 6.07) is 9.21. The minimum Gasteiger partial charge on any atom is -0.338 e. The molecule has 1 aromatic heterocycles. The van der Waals surface area contributed by atoms with Crippen LogP contribution in [0.25, 0.3) is 0 Å². The number of hydrogen-bond donors (Lipinski definition) is 1. The van der Waals surface area contributed by atoms with Crippen molar-refractivity contribution in [3.05, 3.63) is 53.3 Å². The van der Waals surface area contributed by atoms with Crippen LogP contribution in [0, 0.1) is 5.92 Å². The Morgan fingerprint density at radius 2 is 1.80 bits per heavy atom. The van der Waals surface area contributed by atoms with E-state index in [0.29, 0.717) is 12.0 Å². The summed E-state index contributed by atoms with van der Waals surface area (Å²) in [6.07, 6.45) is 5.10. The molecule has 2 heterocycles. The zero-order valence-corrected chi connectivity index (χ0v) is 15.2. The van der Waals surface area contributed by atoms with Gasteiger partial charge in [0.1, 0.15) is 0 Å². The van der Waals surface area contributed by atoms with Gasteiger partial charge in [-0.3, -0.25) is 0 Å². The van der Waals surface area contributed by atoms with E-state index in [1.54, 1.807) is 0 Å². The van der Waals surface area contributed by atoms with Crippen LogP contribution in [0.1, 0.15) is 29.7 Å². The molecule has 1 N–H and O–H groups in total. The van der Waals surface area contributed by atoms with E-state index in [2.05, 4.69) is 63.3 Å². The Balaban J connectivity index is 1.37. The highest BCUT2D eigenvalue weighted by atomic mass is 15.3. The second kappa shape index (κ2) is 7.10. The van der Waals surface area contributed by atoms with Crippen LogP contribution in [0.3, 0.4) is 0 Å². The van der Waals surface area contributed by atoms with E-state index in [-0.39, 0.29) is 0 Å². The van der Waals surface area contributed by atoms with E-state index in [1.165, 1.54) is 11.1 Å². The minimum atomic E-state index is 0.425. The van der Waals surface area contributed by atoms with Gasteiger partial charge in [0.15, 0.2) is 0 Å². The van der Waals surface area contributed by atoms with E-state index < -0.39 is 0 Å². The molecule has 0 amide bonds. The van der Waals surface area contributed by atoms with Crippen molar-refractivity contribution in [1.29, 1.82) is 0 Å². The van der Waals surface area contributed by atoms with Crippen LogP contribution >= 0.6 is 0 Å². The van der Waals surface area contributed by atoms with Gasteiger partial charge >= 0.3 is 0 Å². The highest BCUT2D eigenvalue weighted by Gasteiger charge is 2.28. The molecule has 2 aromatic rings. The number of benzene rings is 1. The first-order valence-corrected chi connectivity index (χ1v) is 9.26. The number of fused-ring (bicyclic) bond motifs is 1. The van der Waals surface area contributed by atoms with Gasteiger partial charge in [-0.05, 0) is 30.5 Å². The third-order valence-corrected chi connectivity index (χ3v) is 5.50. The fourth-order valence-electron chi connectivity index (χ4n) is 3.94. The summed E-state index contributed by atoms with van der Waals surface area (Å²) in [5, 5.41) is 3.71. The maximum absolute atomic E-state index is 4.59. The van der Waals surface area contributed by atoms with Gasteiger partial charge in [0, 0.05) is 56.7 Å². The summed E-state index contributed by atoms with van der Waals surface area (Å²) in [7, 11) is 2.16. The van der Waals surface area contributed by atoms with Gasteiger partial charge in [-0.1, -0.05) is 31.2 Å². The number of piperazine rings is 1. The van der Waals surface area contributed by atoms with E-state index in [9.17, 15) is 0 Å². The van der Waals surface area contributed by atoms with Crippen molar-refractivity contribution in [2.75, 3.05) is 38.1 Å². The van der Waals surface area contributed by atoms with Crippen molar-refractivity contribution < 1.29 is 0 Å². The van der Waals surface area contributed by atoms with E-state index >= 15 is 0 Å². The van der Waals surface area contributed by atoms with Gasteiger partial charge in [0.2, 0.25) is 5.95 Å². The molecule has 0 unspecified atom stereocenters. The average molecular weight is 337 g/mol. The fraction of sp³-hybridized carbons (Fsp3) is 0.500. The molecule has 1 aromatic carbocycles. The van der Waals surface area contributed by atoms with Crippen LogP contribution in [0.2, 0.25) is 0 Å². The molecule has 25 heavy (non-hydrogen) atoms. The van der Waals surface area contributed by atoms with Gasteiger partial charge in [0.25, 0.3) is 0 Å². The van der Waals surface area contributed by atoms with Crippen LogP contribution in [0.15, 0.2) is 36.7 Å². The number of rotatable bonds is 4. The highest BCUT2D eigenvalue weighted by molar-refractivity contribution is 5.36. The molecule has 1 aliphatic heterocycles. The Labute approximate surface area is 150 Å². The number of likely N-dealkylation sites (N-methyl/N-ethyl adjacent to an activating group) is 1. The smallest absolute Gasteiger partial charge is 0.225 e. The van der Waals surface area contributed by atoms with Crippen LogP contribution in [-0.4, -0.2) is 48.1 Å². The molecule has 0 saturated carbocycles.